The number of nitrogens with two attached hydrogens (primary N) is 1. The number of nitrogens with one attached hydrogen (secondary N) is 1. The van der Waals surface area contributed by atoms with Crippen molar-refractivity contribution in [3.05, 3.63) is 29.8 Å². The number of likely N-dealkylation sites (tertiary alicyclic amines) is 2. The van der Waals surface area contributed by atoms with Gasteiger partial charge in [-0.15, -0.1) is 0 Å². The summed E-state index contributed by atoms with van der Waals surface area (Å²) in [6.07, 6.45) is 1.74. The molecular weight excluding hydrogens is 436 g/mol. The standard InChI is InChI=1S/C25H36N4O5/c1-5-6-21(34-4)25(33)29-14-20(30)22-19(29)11-12-28(22)24(32)18(13-15(2)3)27-23(31)16-7-9-17(26)10-8-16/h7-10,15,18-19,21-22H,5-6,11-14,26H2,1-4H3,(H,27,31). The van der Waals surface area contributed by atoms with E-state index in [1.165, 1.54) is 7.11 Å². The molecule has 2 aliphatic heterocycles. The molecule has 3 amide bonds. The van der Waals surface area contributed by atoms with Gasteiger partial charge in [0, 0.05) is 24.9 Å². The normalized spacial score (nSPS) is 21.5. The fourth-order valence-corrected chi connectivity index (χ4v) is 4.92. The van der Waals surface area contributed by atoms with Crippen molar-refractivity contribution in [1.82, 2.24) is 15.1 Å². The number of hydrogen-bond acceptors (Lipinski definition) is 6. The molecule has 34 heavy (non-hydrogen) atoms. The SMILES string of the molecule is CCCC(OC)C(=O)N1CC(=O)C2C1CCN2C(=O)C(CC(C)C)NC(=O)c1ccc(N)cc1. The number of carbonyl (C=O) groups is 4. The Bertz CT molecular complexity index is 916. The molecule has 2 fully saturated rings. The first-order valence-electron chi connectivity index (χ1n) is 12.0. The summed E-state index contributed by atoms with van der Waals surface area (Å²) in [5.41, 5.74) is 6.66. The van der Waals surface area contributed by atoms with E-state index in [2.05, 4.69) is 5.32 Å². The summed E-state index contributed by atoms with van der Waals surface area (Å²) in [6.45, 7) is 6.26. The van der Waals surface area contributed by atoms with Crippen molar-refractivity contribution in [2.45, 2.75) is 70.7 Å². The van der Waals surface area contributed by atoms with Crippen LogP contribution < -0.4 is 11.1 Å². The fourth-order valence-electron chi connectivity index (χ4n) is 4.92. The third-order valence-electron chi connectivity index (χ3n) is 6.58. The van der Waals surface area contributed by atoms with Gasteiger partial charge in [-0.3, -0.25) is 19.2 Å². The third-order valence-corrected chi connectivity index (χ3v) is 6.58. The number of rotatable bonds is 9. The number of methoxy groups -OCH3 is 1. The highest BCUT2D eigenvalue weighted by Gasteiger charge is 2.52. The van der Waals surface area contributed by atoms with Crippen LogP contribution in [0.5, 0.6) is 0 Å². The van der Waals surface area contributed by atoms with Crippen molar-refractivity contribution in [2.24, 2.45) is 5.92 Å². The molecule has 9 nitrogen and oxygen atoms in total. The first kappa shape index (κ1) is 25.7. The molecule has 0 bridgehead atoms. The molecule has 1 aromatic carbocycles. The number of nitrogens with zero attached hydrogens (tertiary/aromatic N) is 2. The summed E-state index contributed by atoms with van der Waals surface area (Å²) in [7, 11) is 1.50. The number of benzene rings is 1. The Labute approximate surface area is 201 Å². The second-order valence-corrected chi connectivity index (χ2v) is 9.56. The Morgan fingerprint density at radius 3 is 2.41 bits per heavy atom. The van der Waals surface area contributed by atoms with Crippen LogP contribution in [0.25, 0.3) is 0 Å². The topological polar surface area (TPSA) is 122 Å². The number of amides is 3. The molecule has 2 heterocycles. The molecule has 1 aromatic rings. The van der Waals surface area contributed by atoms with Gasteiger partial charge in [0.15, 0.2) is 5.78 Å². The predicted molar refractivity (Wildman–Crippen MR) is 128 cm³/mol. The minimum Gasteiger partial charge on any atom is -0.399 e. The molecule has 0 saturated carbocycles. The summed E-state index contributed by atoms with van der Waals surface area (Å²) in [6, 6.07) is 4.68. The largest absolute Gasteiger partial charge is 0.399 e. The van der Waals surface area contributed by atoms with Crippen molar-refractivity contribution in [1.29, 1.82) is 0 Å². The van der Waals surface area contributed by atoms with E-state index in [9.17, 15) is 19.2 Å². The Balaban J connectivity index is 1.76. The molecule has 0 aliphatic carbocycles. The summed E-state index contributed by atoms with van der Waals surface area (Å²) >= 11 is 0. The number of fused-ring (bicyclic) bond motifs is 1. The van der Waals surface area contributed by atoms with E-state index >= 15 is 0 Å². The number of nitrogen functional groups attached to an aromatic ring is 1. The van der Waals surface area contributed by atoms with Crippen LogP contribution in [0.3, 0.4) is 0 Å². The van der Waals surface area contributed by atoms with Crippen LogP contribution in [0.15, 0.2) is 24.3 Å². The Morgan fingerprint density at radius 1 is 1.15 bits per heavy atom. The second-order valence-electron chi connectivity index (χ2n) is 9.56. The van der Waals surface area contributed by atoms with E-state index in [0.29, 0.717) is 37.1 Å². The Hall–Kier alpha value is -2.94. The molecule has 4 atom stereocenters. The molecule has 0 radical (unpaired) electrons. The zero-order valence-electron chi connectivity index (χ0n) is 20.5. The van der Waals surface area contributed by atoms with E-state index in [-0.39, 0.29) is 42.0 Å². The lowest BCUT2D eigenvalue weighted by molar-refractivity contribution is -0.144. The zero-order chi connectivity index (χ0) is 25.0. The maximum Gasteiger partial charge on any atom is 0.252 e. The Morgan fingerprint density at radius 2 is 1.82 bits per heavy atom. The highest BCUT2D eigenvalue weighted by molar-refractivity contribution is 6.01. The average molecular weight is 473 g/mol. The molecule has 4 unspecified atom stereocenters. The van der Waals surface area contributed by atoms with Crippen LogP contribution in [0, 0.1) is 5.92 Å². The van der Waals surface area contributed by atoms with Crippen molar-refractivity contribution >= 4 is 29.2 Å². The predicted octanol–water partition coefficient (Wildman–Crippen LogP) is 1.61. The maximum absolute atomic E-state index is 13.6. The van der Waals surface area contributed by atoms with Crippen molar-refractivity contribution in [2.75, 3.05) is 25.9 Å². The van der Waals surface area contributed by atoms with Gasteiger partial charge in [-0.2, -0.15) is 0 Å². The molecular formula is C25H36N4O5. The minimum atomic E-state index is -0.770. The van der Waals surface area contributed by atoms with Crippen LogP contribution in [0.2, 0.25) is 0 Å². The van der Waals surface area contributed by atoms with Crippen LogP contribution in [-0.2, 0) is 19.1 Å². The van der Waals surface area contributed by atoms with E-state index in [1.807, 2.05) is 20.8 Å². The van der Waals surface area contributed by atoms with Crippen LogP contribution >= 0.6 is 0 Å². The van der Waals surface area contributed by atoms with Gasteiger partial charge >= 0.3 is 0 Å². The molecule has 2 saturated heterocycles. The lowest BCUT2D eigenvalue weighted by Gasteiger charge is -2.29. The van der Waals surface area contributed by atoms with E-state index < -0.39 is 18.2 Å². The smallest absolute Gasteiger partial charge is 0.252 e. The molecule has 3 rings (SSSR count). The lowest BCUT2D eigenvalue weighted by atomic mass is 10.0. The third kappa shape index (κ3) is 5.41. The molecule has 2 aliphatic rings. The summed E-state index contributed by atoms with van der Waals surface area (Å²) in [4.78, 5) is 55.5. The number of anilines is 1. The summed E-state index contributed by atoms with van der Waals surface area (Å²) in [5, 5.41) is 2.85. The second kappa shape index (κ2) is 11.0. The van der Waals surface area contributed by atoms with Gasteiger partial charge in [0.05, 0.1) is 12.6 Å². The molecule has 0 spiro atoms. The number of Topliss-reactive ketones (excluding diaryl/α,β-unsaturated/α-hetero) is 1. The van der Waals surface area contributed by atoms with Crippen molar-refractivity contribution < 1.29 is 23.9 Å². The van der Waals surface area contributed by atoms with Crippen LogP contribution in [-0.4, -0.2) is 77.7 Å². The summed E-state index contributed by atoms with van der Waals surface area (Å²) in [5.74, 6) is -0.859. The number of ketones is 1. The quantitative estimate of drug-likeness (QED) is 0.527. The lowest BCUT2D eigenvalue weighted by Crippen LogP contribution is -2.53. The monoisotopic (exact) mass is 472 g/mol. The van der Waals surface area contributed by atoms with Crippen molar-refractivity contribution in [3.63, 3.8) is 0 Å². The highest BCUT2D eigenvalue weighted by Crippen LogP contribution is 2.31. The van der Waals surface area contributed by atoms with E-state index in [0.717, 1.165) is 6.42 Å². The van der Waals surface area contributed by atoms with Gasteiger partial charge < -0.3 is 25.6 Å². The van der Waals surface area contributed by atoms with Crippen LogP contribution in [0.1, 0.15) is 56.8 Å². The minimum absolute atomic E-state index is 0.0197. The van der Waals surface area contributed by atoms with Gasteiger partial charge in [0.2, 0.25) is 5.91 Å². The molecule has 186 valence electrons. The maximum atomic E-state index is 13.6. The van der Waals surface area contributed by atoms with Crippen molar-refractivity contribution in [3.8, 4) is 0 Å². The number of ether oxygens (including phenoxy) is 1. The van der Waals surface area contributed by atoms with Gasteiger partial charge in [-0.25, -0.2) is 0 Å². The molecule has 3 N–H and O–H groups in total. The summed E-state index contributed by atoms with van der Waals surface area (Å²) < 4.78 is 5.36. The molecule has 9 heteroatoms. The van der Waals surface area contributed by atoms with Gasteiger partial charge in [-0.1, -0.05) is 27.2 Å². The van der Waals surface area contributed by atoms with Gasteiger partial charge in [0.1, 0.15) is 18.2 Å². The highest BCUT2D eigenvalue weighted by atomic mass is 16.5. The van der Waals surface area contributed by atoms with E-state index in [1.54, 1.807) is 34.1 Å². The van der Waals surface area contributed by atoms with E-state index in [4.69, 9.17) is 10.5 Å². The average Bonchev–Trinajstić information content (AvgIpc) is 3.37. The number of carbonyl (C=O) groups excluding carboxylic acids is 4. The first-order chi connectivity index (χ1) is 16.2. The van der Waals surface area contributed by atoms with Gasteiger partial charge in [-0.05, 0) is 49.4 Å². The Kier molecular flexibility index (Phi) is 8.30. The fraction of sp³-hybridized carbons (Fsp3) is 0.600. The molecule has 0 aromatic heterocycles. The first-order valence-corrected chi connectivity index (χ1v) is 12.0. The zero-order valence-corrected chi connectivity index (χ0v) is 20.5. The number of hydrogen-bond donors (Lipinski definition) is 2. The van der Waals surface area contributed by atoms with Gasteiger partial charge in [0.25, 0.3) is 11.8 Å². The van der Waals surface area contributed by atoms with Crippen LogP contribution in [0.4, 0.5) is 5.69 Å².